The SMILES string of the molecule is CC(C)(C)C(=O)N1CCOc2ccc(NC(=O)[C@@H]3C[C@H]4C=C[C@H]3C4)cc21. The van der Waals surface area contributed by atoms with Crippen LogP contribution in [0.15, 0.2) is 30.4 Å². The van der Waals surface area contributed by atoms with Crippen molar-refractivity contribution in [2.75, 3.05) is 23.4 Å². The van der Waals surface area contributed by atoms with Gasteiger partial charge in [-0.1, -0.05) is 32.9 Å². The number of anilines is 2. The Kier molecular flexibility index (Phi) is 4.05. The number of hydrogen-bond donors (Lipinski definition) is 1. The number of rotatable bonds is 2. The zero-order valence-electron chi connectivity index (χ0n) is 15.6. The second-order valence-electron chi connectivity index (χ2n) is 8.61. The maximum atomic E-state index is 12.8. The number of amides is 2. The standard InChI is InChI=1S/C21H26N2O3/c1-21(2,3)20(25)23-8-9-26-18-7-6-15(12-17(18)23)22-19(24)16-11-13-4-5-14(16)10-13/h4-7,12-14,16H,8-11H2,1-3H3,(H,22,24)/t13-,14-,16+/m0/s1. The van der Waals surface area contributed by atoms with Crippen molar-refractivity contribution in [3.63, 3.8) is 0 Å². The highest BCUT2D eigenvalue weighted by molar-refractivity contribution is 6.00. The van der Waals surface area contributed by atoms with Crippen molar-refractivity contribution >= 4 is 23.2 Å². The van der Waals surface area contributed by atoms with E-state index in [1.165, 1.54) is 0 Å². The first kappa shape index (κ1) is 17.1. The van der Waals surface area contributed by atoms with E-state index in [4.69, 9.17) is 4.74 Å². The molecule has 0 aromatic heterocycles. The predicted molar refractivity (Wildman–Crippen MR) is 101 cm³/mol. The van der Waals surface area contributed by atoms with Crippen molar-refractivity contribution in [3.05, 3.63) is 30.4 Å². The minimum atomic E-state index is -0.469. The molecule has 1 saturated carbocycles. The van der Waals surface area contributed by atoms with Crippen LogP contribution in [0.25, 0.3) is 0 Å². The van der Waals surface area contributed by atoms with E-state index in [0.717, 1.165) is 24.2 Å². The lowest BCUT2D eigenvalue weighted by Gasteiger charge is -2.34. The van der Waals surface area contributed by atoms with Gasteiger partial charge in [-0.2, -0.15) is 0 Å². The highest BCUT2D eigenvalue weighted by Gasteiger charge is 2.40. The average Bonchev–Trinajstić information content (AvgIpc) is 3.23. The first-order chi connectivity index (χ1) is 12.3. The number of nitrogens with one attached hydrogen (secondary N) is 1. The van der Waals surface area contributed by atoms with Gasteiger partial charge < -0.3 is 15.0 Å². The highest BCUT2D eigenvalue weighted by Crippen LogP contribution is 2.44. The fourth-order valence-electron chi connectivity index (χ4n) is 4.23. The van der Waals surface area contributed by atoms with E-state index in [1.54, 1.807) is 4.90 Å². The summed E-state index contributed by atoms with van der Waals surface area (Å²) in [7, 11) is 0. The highest BCUT2D eigenvalue weighted by atomic mass is 16.5. The van der Waals surface area contributed by atoms with E-state index in [-0.39, 0.29) is 17.7 Å². The number of benzene rings is 1. The molecule has 26 heavy (non-hydrogen) atoms. The number of hydrogen-bond acceptors (Lipinski definition) is 3. The Bertz CT molecular complexity index is 778. The van der Waals surface area contributed by atoms with Gasteiger partial charge in [0.15, 0.2) is 0 Å². The molecule has 0 radical (unpaired) electrons. The predicted octanol–water partition coefficient (Wildman–Crippen LogP) is 3.61. The molecule has 4 rings (SSSR count). The zero-order chi connectivity index (χ0) is 18.5. The van der Waals surface area contributed by atoms with E-state index >= 15 is 0 Å². The van der Waals surface area contributed by atoms with Crippen molar-refractivity contribution in [2.24, 2.45) is 23.2 Å². The number of fused-ring (bicyclic) bond motifs is 3. The molecule has 1 aliphatic heterocycles. The summed E-state index contributed by atoms with van der Waals surface area (Å²) in [5.74, 6) is 1.82. The fourth-order valence-corrected chi connectivity index (χ4v) is 4.23. The summed E-state index contributed by atoms with van der Waals surface area (Å²) in [4.78, 5) is 27.3. The Morgan fingerprint density at radius 3 is 2.65 bits per heavy atom. The van der Waals surface area contributed by atoms with Gasteiger partial charge in [-0.05, 0) is 42.9 Å². The number of ether oxygens (including phenoxy) is 1. The third-order valence-electron chi connectivity index (χ3n) is 5.59. The summed E-state index contributed by atoms with van der Waals surface area (Å²) in [6, 6.07) is 5.55. The van der Waals surface area contributed by atoms with Crippen LogP contribution in [0, 0.1) is 23.2 Å². The number of allylic oxidation sites excluding steroid dienone is 2. The van der Waals surface area contributed by atoms with Crippen LogP contribution < -0.4 is 15.0 Å². The molecule has 5 heteroatoms. The average molecular weight is 354 g/mol. The quantitative estimate of drug-likeness (QED) is 0.826. The maximum Gasteiger partial charge on any atom is 0.232 e. The second kappa shape index (κ2) is 6.15. The first-order valence-corrected chi connectivity index (χ1v) is 9.41. The largest absolute Gasteiger partial charge is 0.490 e. The Morgan fingerprint density at radius 1 is 1.19 bits per heavy atom. The molecule has 1 aromatic rings. The van der Waals surface area contributed by atoms with Gasteiger partial charge in [-0.15, -0.1) is 0 Å². The van der Waals surface area contributed by atoms with Crippen LogP contribution in [0.5, 0.6) is 5.75 Å². The van der Waals surface area contributed by atoms with Gasteiger partial charge >= 0.3 is 0 Å². The number of carbonyl (C=O) groups is 2. The lowest BCUT2D eigenvalue weighted by Crippen LogP contribution is -2.44. The van der Waals surface area contributed by atoms with Crippen molar-refractivity contribution in [1.82, 2.24) is 0 Å². The zero-order valence-corrected chi connectivity index (χ0v) is 15.6. The van der Waals surface area contributed by atoms with Crippen LogP contribution in [0.4, 0.5) is 11.4 Å². The molecule has 0 unspecified atom stereocenters. The van der Waals surface area contributed by atoms with Gasteiger partial charge in [-0.25, -0.2) is 0 Å². The van der Waals surface area contributed by atoms with Crippen molar-refractivity contribution in [1.29, 1.82) is 0 Å². The molecule has 0 saturated heterocycles. The van der Waals surface area contributed by atoms with Crippen LogP contribution in [-0.2, 0) is 9.59 Å². The molecular formula is C21H26N2O3. The van der Waals surface area contributed by atoms with E-state index in [9.17, 15) is 9.59 Å². The van der Waals surface area contributed by atoms with E-state index < -0.39 is 5.41 Å². The van der Waals surface area contributed by atoms with Crippen molar-refractivity contribution in [3.8, 4) is 5.75 Å². The normalized spacial score (nSPS) is 26.4. The third kappa shape index (κ3) is 3.00. The van der Waals surface area contributed by atoms with Crippen LogP contribution >= 0.6 is 0 Å². The molecular weight excluding hydrogens is 328 g/mol. The molecule has 2 bridgehead atoms. The van der Waals surface area contributed by atoms with Gasteiger partial charge in [0, 0.05) is 17.0 Å². The van der Waals surface area contributed by atoms with E-state index in [1.807, 2.05) is 39.0 Å². The molecule has 3 atom stereocenters. The Balaban J connectivity index is 1.55. The van der Waals surface area contributed by atoms with Crippen LogP contribution in [0.3, 0.4) is 0 Å². The summed E-state index contributed by atoms with van der Waals surface area (Å²) in [6.45, 7) is 6.76. The lowest BCUT2D eigenvalue weighted by molar-refractivity contribution is -0.126. The monoisotopic (exact) mass is 354 g/mol. The molecule has 5 nitrogen and oxygen atoms in total. The molecule has 1 aromatic carbocycles. The Labute approximate surface area is 154 Å². The van der Waals surface area contributed by atoms with Gasteiger partial charge in [0.2, 0.25) is 11.8 Å². The number of carbonyl (C=O) groups excluding carboxylic acids is 2. The molecule has 0 spiro atoms. The van der Waals surface area contributed by atoms with E-state index in [2.05, 4.69) is 17.5 Å². The smallest absolute Gasteiger partial charge is 0.232 e. The summed E-state index contributed by atoms with van der Waals surface area (Å²) in [5, 5.41) is 3.05. The molecule has 1 heterocycles. The molecule has 3 aliphatic rings. The second-order valence-corrected chi connectivity index (χ2v) is 8.61. The van der Waals surface area contributed by atoms with E-state index in [0.29, 0.717) is 30.7 Å². The van der Waals surface area contributed by atoms with Crippen molar-refractivity contribution < 1.29 is 14.3 Å². The molecule has 1 N–H and O–H groups in total. The minimum Gasteiger partial charge on any atom is -0.490 e. The maximum absolute atomic E-state index is 12.8. The number of nitrogens with zero attached hydrogens (tertiary/aromatic N) is 1. The molecule has 2 aliphatic carbocycles. The summed E-state index contributed by atoms with van der Waals surface area (Å²) in [6.07, 6.45) is 6.46. The van der Waals surface area contributed by atoms with Crippen molar-refractivity contribution in [2.45, 2.75) is 33.6 Å². The topological polar surface area (TPSA) is 58.6 Å². The van der Waals surface area contributed by atoms with Gasteiger partial charge in [-0.3, -0.25) is 9.59 Å². The van der Waals surface area contributed by atoms with Gasteiger partial charge in [0.1, 0.15) is 12.4 Å². The molecule has 138 valence electrons. The summed E-state index contributed by atoms with van der Waals surface area (Å²) >= 11 is 0. The fraction of sp³-hybridized carbons (Fsp3) is 0.524. The third-order valence-corrected chi connectivity index (χ3v) is 5.59. The Hall–Kier alpha value is -2.30. The first-order valence-electron chi connectivity index (χ1n) is 9.41. The summed E-state index contributed by atoms with van der Waals surface area (Å²) in [5.41, 5.74) is 0.989. The Morgan fingerprint density at radius 2 is 2.00 bits per heavy atom. The van der Waals surface area contributed by atoms with Gasteiger partial charge in [0.25, 0.3) is 0 Å². The minimum absolute atomic E-state index is 0.0590. The van der Waals surface area contributed by atoms with Crippen LogP contribution in [0.1, 0.15) is 33.6 Å². The summed E-state index contributed by atoms with van der Waals surface area (Å²) < 4.78 is 5.70. The van der Waals surface area contributed by atoms with Gasteiger partial charge in [0.05, 0.1) is 12.2 Å². The van der Waals surface area contributed by atoms with Crippen LogP contribution in [0.2, 0.25) is 0 Å². The lowest BCUT2D eigenvalue weighted by atomic mass is 9.92. The molecule has 1 fully saturated rings. The van der Waals surface area contributed by atoms with Crippen LogP contribution in [-0.4, -0.2) is 25.0 Å². The molecule has 2 amide bonds.